The lowest BCUT2D eigenvalue weighted by molar-refractivity contribution is 0.372. The average Bonchev–Trinajstić information content (AvgIpc) is 2.30. The minimum Gasteiger partial charge on any atom is -0.355 e. The Labute approximate surface area is 90.5 Å². The second-order valence-electron chi connectivity index (χ2n) is 4.19. The summed E-state index contributed by atoms with van der Waals surface area (Å²) in [7, 11) is 2.07. The lowest BCUT2D eigenvalue weighted by Gasteiger charge is -2.36. The number of hydrogen-bond acceptors (Lipinski definition) is 4. The van der Waals surface area contributed by atoms with Crippen molar-refractivity contribution in [3.05, 3.63) is 18.6 Å². The summed E-state index contributed by atoms with van der Waals surface area (Å²) in [5.41, 5.74) is 6.13. The first-order valence-electron chi connectivity index (χ1n) is 5.53. The van der Waals surface area contributed by atoms with Crippen LogP contribution in [0.15, 0.2) is 18.6 Å². The Bertz CT molecular complexity index is 301. The van der Waals surface area contributed by atoms with Crippen LogP contribution in [0.3, 0.4) is 0 Å². The molecule has 4 nitrogen and oxygen atoms in total. The third kappa shape index (κ3) is 2.26. The molecule has 0 saturated heterocycles. The van der Waals surface area contributed by atoms with E-state index in [0.717, 1.165) is 12.2 Å². The van der Waals surface area contributed by atoms with Gasteiger partial charge >= 0.3 is 0 Å². The van der Waals surface area contributed by atoms with Gasteiger partial charge in [-0.15, -0.1) is 0 Å². The Balaban J connectivity index is 2.09. The van der Waals surface area contributed by atoms with Crippen molar-refractivity contribution in [2.45, 2.75) is 37.8 Å². The number of likely N-dealkylation sites (N-methyl/N-ethyl adjacent to an activating group) is 1. The minimum atomic E-state index is 0.277. The standard InChI is InChI=1S/C11H18N4/c1-15(11-6-7-13-8-14-11)10-5-3-2-4-9(10)12/h6-10H,2-5,12H2,1H3. The van der Waals surface area contributed by atoms with Gasteiger partial charge in [0, 0.05) is 25.3 Å². The summed E-state index contributed by atoms with van der Waals surface area (Å²) in [5.74, 6) is 0.965. The molecular formula is C11H18N4. The minimum absolute atomic E-state index is 0.277. The summed E-state index contributed by atoms with van der Waals surface area (Å²) >= 11 is 0. The highest BCUT2D eigenvalue weighted by atomic mass is 15.2. The summed E-state index contributed by atoms with van der Waals surface area (Å²) < 4.78 is 0. The molecule has 1 heterocycles. The largest absolute Gasteiger partial charge is 0.355 e. The molecule has 1 fully saturated rings. The zero-order valence-corrected chi connectivity index (χ0v) is 9.13. The molecule has 0 spiro atoms. The Morgan fingerprint density at radius 2 is 2.20 bits per heavy atom. The molecule has 0 aromatic carbocycles. The van der Waals surface area contributed by atoms with Crippen LogP contribution in [0.1, 0.15) is 25.7 Å². The van der Waals surface area contributed by atoms with E-state index in [1.165, 1.54) is 19.3 Å². The van der Waals surface area contributed by atoms with Gasteiger partial charge in [0.2, 0.25) is 0 Å². The van der Waals surface area contributed by atoms with Gasteiger partial charge in [-0.2, -0.15) is 0 Å². The molecule has 1 aliphatic rings. The first-order chi connectivity index (χ1) is 7.29. The van der Waals surface area contributed by atoms with Crippen molar-refractivity contribution >= 4 is 5.82 Å². The normalized spacial score (nSPS) is 26.3. The fourth-order valence-electron chi connectivity index (χ4n) is 2.28. The van der Waals surface area contributed by atoms with Crippen molar-refractivity contribution in [1.82, 2.24) is 9.97 Å². The van der Waals surface area contributed by atoms with Gasteiger partial charge in [-0.3, -0.25) is 0 Å². The van der Waals surface area contributed by atoms with Gasteiger partial charge in [-0.25, -0.2) is 9.97 Å². The molecule has 1 saturated carbocycles. The quantitative estimate of drug-likeness (QED) is 0.789. The van der Waals surface area contributed by atoms with Crippen LogP contribution in [-0.2, 0) is 0 Å². The third-order valence-corrected chi connectivity index (χ3v) is 3.21. The second kappa shape index (κ2) is 4.57. The predicted octanol–water partition coefficient (Wildman–Crippen LogP) is 1.18. The summed E-state index contributed by atoms with van der Waals surface area (Å²) in [4.78, 5) is 10.4. The highest BCUT2D eigenvalue weighted by Gasteiger charge is 2.25. The van der Waals surface area contributed by atoms with Gasteiger partial charge in [0.05, 0.1) is 0 Å². The highest BCUT2D eigenvalue weighted by molar-refractivity contribution is 5.37. The number of anilines is 1. The number of aromatic nitrogens is 2. The molecular weight excluding hydrogens is 188 g/mol. The van der Waals surface area contributed by atoms with E-state index in [4.69, 9.17) is 5.73 Å². The Kier molecular flexibility index (Phi) is 3.16. The maximum atomic E-state index is 6.13. The van der Waals surface area contributed by atoms with Crippen LogP contribution in [0.4, 0.5) is 5.82 Å². The van der Waals surface area contributed by atoms with Gasteiger partial charge in [0.15, 0.2) is 0 Å². The third-order valence-electron chi connectivity index (χ3n) is 3.21. The zero-order valence-electron chi connectivity index (χ0n) is 9.13. The summed E-state index contributed by atoms with van der Waals surface area (Å²) in [6.07, 6.45) is 8.18. The molecule has 1 aromatic rings. The van der Waals surface area contributed by atoms with Crippen LogP contribution in [0, 0.1) is 0 Å². The Morgan fingerprint density at radius 1 is 1.40 bits per heavy atom. The van der Waals surface area contributed by atoms with Crippen LogP contribution >= 0.6 is 0 Å². The second-order valence-corrected chi connectivity index (χ2v) is 4.19. The van der Waals surface area contributed by atoms with Crippen LogP contribution in [0.5, 0.6) is 0 Å². The van der Waals surface area contributed by atoms with Gasteiger partial charge in [-0.05, 0) is 18.9 Å². The van der Waals surface area contributed by atoms with E-state index in [0.29, 0.717) is 6.04 Å². The van der Waals surface area contributed by atoms with Crippen molar-refractivity contribution < 1.29 is 0 Å². The lowest BCUT2D eigenvalue weighted by atomic mass is 9.90. The molecule has 2 N–H and O–H groups in total. The van der Waals surface area contributed by atoms with Crippen LogP contribution < -0.4 is 10.6 Å². The fraction of sp³-hybridized carbons (Fsp3) is 0.636. The Hall–Kier alpha value is -1.16. The maximum absolute atomic E-state index is 6.13. The SMILES string of the molecule is CN(c1ccncn1)C1CCCCC1N. The predicted molar refractivity (Wildman–Crippen MR) is 60.7 cm³/mol. The molecule has 2 rings (SSSR count). The summed E-state index contributed by atoms with van der Waals surface area (Å²) in [6, 6.07) is 2.63. The molecule has 4 heteroatoms. The molecule has 0 amide bonds. The molecule has 1 aliphatic carbocycles. The van der Waals surface area contributed by atoms with E-state index in [9.17, 15) is 0 Å². The van der Waals surface area contributed by atoms with E-state index in [2.05, 4.69) is 21.9 Å². The van der Waals surface area contributed by atoms with Crippen molar-refractivity contribution in [2.24, 2.45) is 5.73 Å². The zero-order chi connectivity index (χ0) is 10.7. The molecule has 2 unspecified atom stereocenters. The summed E-state index contributed by atoms with van der Waals surface area (Å²) in [5, 5.41) is 0. The maximum Gasteiger partial charge on any atom is 0.131 e. The van der Waals surface area contributed by atoms with E-state index < -0.39 is 0 Å². The van der Waals surface area contributed by atoms with E-state index in [1.54, 1.807) is 12.5 Å². The molecule has 82 valence electrons. The van der Waals surface area contributed by atoms with Crippen LogP contribution in [0.2, 0.25) is 0 Å². The molecule has 15 heavy (non-hydrogen) atoms. The number of hydrogen-bond donors (Lipinski definition) is 1. The van der Waals surface area contributed by atoms with Crippen molar-refractivity contribution in [2.75, 3.05) is 11.9 Å². The van der Waals surface area contributed by atoms with Gasteiger partial charge in [0.1, 0.15) is 12.1 Å². The van der Waals surface area contributed by atoms with E-state index in [1.807, 2.05) is 6.07 Å². The van der Waals surface area contributed by atoms with E-state index in [-0.39, 0.29) is 6.04 Å². The van der Waals surface area contributed by atoms with Crippen LogP contribution in [0.25, 0.3) is 0 Å². The van der Waals surface area contributed by atoms with Crippen LogP contribution in [-0.4, -0.2) is 29.1 Å². The fourth-order valence-corrected chi connectivity index (χ4v) is 2.28. The van der Waals surface area contributed by atoms with Crippen molar-refractivity contribution in [3.8, 4) is 0 Å². The van der Waals surface area contributed by atoms with Gasteiger partial charge in [-0.1, -0.05) is 12.8 Å². The molecule has 1 aromatic heterocycles. The first kappa shape index (κ1) is 10.4. The van der Waals surface area contributed by atoms with E-state index >= 15 is 0 Å². The smallest absolute Gasteiger partial charge is 0.131 e. The number of rotatable bonds is 2. The van der Waals surface area contributed by atoms with Crippen molar-refractivity contribution in [1.29, 1.82) is 0 Å². The molecule has 2 atom stereocenters. The first-order valence-corrected chi connectivity index (χ1v) is 5.53. The Morgan fingerprint density at radius 3 is 2.87 bits per heavy atom. The topological polar surface area (TPSA) is 55.0 Å². The lowest BCUT2D eigenvalue weighted by Crippen LogP contribution is -2.48. The molecule has 0 bridgehead atoms. The highest BCUT2D eigenvalue weighted by Crippen LogP contribution is 2.23. The van der Waals surface area contributed by atoms with Crippen molar-refractivity contribution in [3.63, 3.8) is 0 Å². The number of nitrogens with two attached hydrogens (primary N) is 1. The monoisotopic (exact) mass is 206 g/mol. The van der Waals surface area contributed by atoms with Gasteiger partial charge < -0.3 is 10.6 Å². The number of nitrogens with zero attached hydrogens (tertiary/aromatic N) is 3. The molecule has 0 radical (unpaired) electrons. The van der Waals surface area contributed by atoms with Gasteiger partial charge in [0.25, 0.3) is 0 Å². The molecule has 0 aliphatic heterocycles. The summed E-state index contributed by atoms with van der Waals surface area (Å²) in [6.45, 7) is 0. The average molecular weight is 206 g/mol.